The van der Waals surface area contributed by atoms with Crippen LogP contribution in [0.1, 0.15) is 34.6 Å². The first-order valence-electron chi connectivity index (χ1n) is 8.93. The molecule has 1 aromatic heterocycles. The molecule has 0 spiro atoms. The van der Waals surface area contributed by atoms with Gasteiger partial charge in [-0.1, -0.05) is 34.6 Å². The topological polar surface area (TPSA) is 103 Å². The van der Waals surface area contributed by atoms with Crippen LogP contribution in [0.2, 0.25) is 0 Å². The number of pyridine rings is 1. The van der Waals surface area contributed by atoms with Crippen molar-refractivity contribution in [2.24, 2.45) is 22.7 Å². The number of carbonyl (C=O) groups excluding carboxylic acids is 1. The Morgan fingerprint density at radius 1 is 1.35 bits per heavy atom. The second-order valence-electron chi connectivity index (χ2n) is 9.11. The van der Waals surface area contributed by atoms with Crippen LogP contribution < -0.4 is 10.9 Å². The molecule has 3 N–H and O–H groups in total. The lowest BCUT2D eigenvalue weighted by atomic mass is 9.85. The second-order valence-corrected chi connectivity index (χ2v) is 9.11. The lowest BCUT2D eigenvalue weighted by Gasteiger charge is -2.37. The number of anilines is 1. The van der Waals surface area contributed by atoms with Gasteiger partial charge < -0.3 is 20.3 Å². The Labute approximate surface area is 152 Å². The van der Waals surface area contributed by atoms with Gasteiger partial charge in [-0.15, -0.1) is 0 Å². The van der Waals surface area contributed by atoms with Gasteiger partial charge >= 0.3 is 5.97 Å². The molecule has 3 rings (SSSR count). The van der Waals surface area contributed by atoms with Gasteiger partial charge in [-0.2, -0.15) is 0 Å². The number of piperidine rings is 1. The molecule has 0 unspecified atom stereocenters. The number of carboxylic acid groups (broad SMARTS) is 1. The van der Waals surface area contributed by atoms with Crippen LogP contribution in [0.25, 0.3) is 0 Å². The van der Waals surface area contributed by atoms with Gasteiger partial charge in [-0.3, -0.25) is 9.59 Å². The molecule has 142 valence electrons. The third kappa shape index (κ3) is 2.99. The van der Waals surface area contributed by atoms with Crippen molar-refractivity contribution in [3.63, 3.8) is 0 Å². The minimum atomic E-state index is -0.937. The first-order chi connectivity index (χ1) is 11.9. The van der Waals surface area contributed by atoms with Crippen LogP contribution in [-0.4, -0.2) is 45.5 Å². The van der Waals surface area contributed by atoms with Gasteiger partial charge in [0.05, 0.1) is 5.69 Å². The molecule has 1 aliphatic carbocycles. The highest BCUT2D eigenvalue weighted by molar-refractivity contribution is 5.91. The molecule has 7 nitrogen and oxygen atoms in total. The van der Waals surface area contributed by atoms with Crippen molar-refractivity contribution >= 4 is 17.6 Å². The van der Waals surface area contributed by atoms with E-state index in [4.69, 9.17) is 0 Å². The van der Waals surface area contributed by atoms with E-state index in [1.165, 1.54) is 17.2 Å². The summed E-state index contributed by atoms with van der Waals surface area (Å²) in [5.41, 5.74) is -0.0569. The Morgan fingerprint density at radius 2 is 2.00 bits per heavy atom. The number of carbonyl (C=O) groups is 2. The first kappa shape index (κ1) is 18.5. The summed E-state index contributed by atoms with van der Waals surface area (Å²) in [4.78, 5) is 40.5. The number of H-pyrrole nitrogens is 1. The highest BCUT2D eigenvalue weighted by Gasteiger charge is 2.70. The number of amides is 1. The van der Waals surface area contributed by atoms with E-state index >= 15 is 0 Å². The van der Waals surface area contributed by atoms with Crippen LogP contribution in [0, 0.1) is 22.7 Å². The lowest BCUT2D eigenvalue weighted by Crippen LogP contribution is -2.54. The molecule has 4 atom stereocenters. The monoisotopic (exact) mass is 361 g/mol. The third-order valence-electron chi connectivity index (χ3n) is 5.95. The zero-order chi connectivity index (χ0) is 19.4. The molecule has 0 radical (unpaired) electrons. The van der Waals surface area contributed by atoms with Crippen molar-refractivity contribution in [3.8, 4) is 0 Å². The van der Waals surface area contributed by atoms with Gasteiger partial charge in [-0.05, 0) is 22.8 Å². The van der Waals surface area contributed by atoms with Crippen LogP contribution in [-0.2, 0) is 9.59 Å². The number of rotatable bonds is 4. The van der Waals surface area contributed by atoms with E-state index in [0.717, 1.165) is 0 Å². The molecule has 1 aromatic rings. The Balaban J connectivity index is 1.85. The van der Waals surface area contributed by atoms with Crippen LogP contribution in [0.15, 0.2) is 23.1 Å². The fourth-order valence-corrected chi connectivity index (χ4v) is 4.28. The highest BCUT2D eigenvalue weighted by Crippen LogP contribution is 2.65. The van der Waals surface area contributed by atoms with Crippen molar-refractivity contribution in [2.75, 3.05) is 11.9 Å². The van der Waals surface area contributed by atoms with Crippen LogP contribution >= 0.6 is 0 Å². The molecule has 1 saturated heterocycles. The number of hydrogen-bond acceptors (Lipinski definition) is 4. The highest BCUT2D eigenvalue weighted by atomic mass is 16.4. The van der Waals surface area contributed by atoms with Crippen molar-refractivity contribution < 1.29 is 14.7 Å². The number of likely N-dealkylation sites (tertiary alicyclic amines) is 1. The number of nitrogens with one attached hydrogen (secondary N) is 2. The number of fused-ring (bicyclic) bond motifs is 1. The molecule has 1 aliphatic heterocycles. The number of aromatic nitrogens is 1. The van der Waals surface area contributed by atoms with E-state index in [-0.39, 0.29) is 28.7 Å². The Morgan fingerprint density at radius 3 is 2.50 bits per heavy atom. The van der Waals surface area contributed by atoms with E-state index in [2.05, 4.69) is 24.1 Å². The largest absolute Gasteiger partial charge is 0.480 e. The molecule has 0 aromatic carbocycles. The normalized spacial score (nSPS) is 27.6. The zero-order valence-electron chi connectivity index (χ0n) is 15.9. The van der Waals surface area contributed by atoms with E-state index < -0.39 is 23.5 Å². The summed E-state index contributed by atoms with van der Waals surface area (Å²) in [7, 11) is 0. The maximum Gasteiger partial charge on any atom is 0.326 e. The summed E-state index contributed by atoms with van der Waals surface area (Å²) in [6.07, 6.45) is 1.52. The second kappa shape index (κ2) is 5.86. The number of aliphatic carboxylic acids is 1. The van der Waals surface area contributed by atoms with Crippen LogP contribution in [0.3, 0.4) is 0 Å². The fraction of sp³-hybridized carbons (Fsp3) is 0.632. The van der Waals surface area contributed by atoms with Gasteiger partial charge in [-0.25, -0.2) is 4.79 Å². The molecule has 2 aliphatic rings. The van der Waals surface area contributed by atoms with Crippen LogP contribution in [0.5, 0.6) is 0 Å². The quantitative estimate of drug-likeness (QED) is 0.758. The molecule has 1 amide bonds. The zero-order valence-corrected chi connectivity index (χ0v) is 15.9. The molecular weight excluding hydrogens is 334 g/mol. The van der Waals surface area contributed by atoms with E-state index in [9.17, 15) is 19.5 Å². The van der Waals surface area contributed by atoms with E-state index in [1.807, 2.05) is 20.8 Å². The number of hydrogen-bond donors (Lipinski definition) is 3. The Hall–Kier alpha value is -2.31. The molecule has 2 fully saturated rings. The average Bonchev–Trinajstić information content (AvgIpc) is 2.90. The number of aromatic amines is 1. The summed E-state index contributed by atoms with van der Waals surface area (Å²) in [5.74, 6) is -0.897. The fourth-order valence-electron chi connectivity index (χ4n) is 4.28. The molecule has 2 heterocycles. The summed E-state index contributed by atoms with van der Waals surface area (Å²) in [6.45, 7) is 10.4. The van der Waals surface area contributed by atoms with Crippen molar-refractivity contribution in [2.45, 2.75) is 46.7 Å². The SMILES string of the molecule is CC(C)(C)[C@H](Nc1ccc(=O)[nH]c1)C(=O)N1C[C@H]2[C@@H]([C@H]1C(=O)O)C2(C)C. The van der Waals surface area contributed by atoms with E-state index in [0.29, 0.717) is 12.2 Å². The minimum absolute atomic E-state index is 0.0117. The number of nitrogens with zero attached hydrogens (tertiary/aromatic N) is 1. The average molecular weight is 361 g/mol. The maximum atomic E-state index is 13.3. The van der Waals surface area contributed by atoms with Gasteiger partial charge in [0, 0.05) is 24.7 Å². The van der Waals surface area contributed by atoms with Crippen molar-refractivity contribution in [1.82, 2.24) is 9.88 Å². The van der Waals surface area contributed by atoms with Crippen molar-refractivity contribution in [3.05, 3.63) is 28.7 Å². The third-order valence-corrected chi connectivity index (χ3v) is 5.95. The van der Waals surface area contributed by atoms with Crippen molar-refractivity contribution in [1.29, 1.82) is 0 Å². The predicted octanol–water partition coefficient (Wildman–Crippen LogP) is 1.77. The first-order valence-corrected chi connectivity index (χ1v) is 8.93. The summed E-state index contributed by atoms with van der Waals surface area (Å²) in [6, 6.07) is 1.63. The summed E-state index contributed by atoms with van der Waals surface area (Å²) < 4.78 is 0. The summed E-state index contributed by atoms with van der Waals surface area (Å²) >= 11 is 0. The van der Waals surface area contributed by atoms with E-state index in [1.54, 1.807) is 6.07 Å². The van der Waals surface area contributed by atoms with Gasteiger partial charge in [0.15, 0.2) is 0 Å². The molecule has 26 heavy (non-hydrogen) atoms. The minimum Gasteiger partial charge on any atom is -0.480 e. The molecule has 0 bridgehead atoms. The van der Waals surface area contributed by atoms with Crippen LogP contribution in [0.4, 0.5) is 5.69 Å². The number of carboxylic acids is 1. The standard InChI is InChI=1S/C19H27N3O4/c1-18(2,3)15(21-10-6-7-12(23)20-8-10)16(24)22-9-11-13(19(11,4)5)14(22)17(25)26/h6-8,11,13-15,21H,9H2,1-5H3,(H,20,23)(H,25,26)/t11-,13-,14-,15+/m0/s1. The van der Waals surface area contributed by atoms with Gasteiger partial charge in [0.1, 0.15) is 12.1 Å². The van der Waals surface area contributed by atoms with Gasteiger partial charge in [0.2, 0.25) is 11.5 Å². The smallest absolute Gasteiger partial charge is 0.326 e. The molecular formula is C19H27N3O4. The Kier molecular flexibility index (Phi) is 4.16. The maximum absolute atomic E-state index is 13.3. The lowest BCUT2D eigenvalue weighted by molar-refractivity contribution is -0.151. The predicted molar refractivity (Wildman–Crippen MR) is 97.8 cm³/mol. The summed E-state index contributed by atoms with van der Waals surface area (Å²) in [5, 5.41) is 12.9. The molecule has 1 saturated carbocycles. The Bertz CT molecular complexity index is 772. The molecule has 7 heteroatoms. The van der Waals surface area contributed by atoms with Gasteiger partial charge in [0.25, 0.3) is 0 Å².